The minimum atomic E-state index is -0.0507. The topological polar surface area (TPSA) is 41.5 Å². The maximum absolute atomic E-state index is 9.53. The first-order valence-electron chi connectivity index (χ1n) is 6.82. The molecule has 0 aliphatic carbocycles. The molecule has 4 heteroatoms. The second-order valence-corrected chi connectivity index (χ2v) is 5.96. The highest BCUT2D eigenvalue weighted by Gasteiger charge is 2.10. The van der Waals surface area contributed by atoms with Crippen LogP contribution in [0.2, 0.25) is 0 Å². The van der Waals surface area contributed by atoms with Crippen LogP contribution < -0.4 is 10.1 Å². The zero-order valence-corrected chi connectivity index (χ0v) is 12.7. The van der Waals surface area contributed by atoms with E-state index in [1.807, 2.05) is 44.2 Å². The number of aliphatic hydroxyl groups excluding tert-OH is 1. The average Bonchev–Trinajstić information content (AvgIpc) is 2.94. The third kappa shape index (κ3) is 4.34. The van der Waals surface area contributed by atoms with E-state index in [2.05, 4.69) is 16.8 Å². The van der Waals surface area contributed by atoms with Gasteiger partial charge in [0.25, 0.3) is 0 Å². The molecule has 20 heavy (non-hydrogen) atoms. The van der Waals surface area contributed by atoms with E-state index < -0.39 is 0 Å². The van der Waals surface area contributed by atoms with E-state index in [1.165, 1.54) is 4.88 Å². The molecule has 0 saturated carbocycles. The second kappa shape index (κ2) is 7.43. The third-order valence-electron chi connectivity index (χ3n) is 2.94. The first-order chi connectivity index (χ1) is 9.69. The Balaban J connectivity index is 1.96. The monoisotopic (exact) mass is 291 g/mol. The molecule has 3 nitrogen and oxygen atoms in total. The maximum atomic E-state index is 9.53. The first-order valence-corrected chi connectivity index (χ1v) is 7.70. The summed E-state index contributed by atoms with van der Waals surface area (Å²) in [5.74, 6) is 0.860. The lowest BCUT2D eigenvalue weighted by Gasteiger charge is -2.17. The van der Waals surface area contributed by atoms with Crippen molar-refractivity contribution < 1.29 is 9.84 Å². The molecule has 2 N–H and O–H groups in total. The summed E-state index contributed by atoms with van der Waals surface area (Å²) in [7, 11) is 0. The average molecular weight is 291 g/mol. The molecule has 1 atom stereocenters. The van der Waals surface area contributed by atoms with Crippen LogP contribution >= 0.6 is 11.3 Å². The minimum absolute atomic E-state index is 0.0507. The van der Waals surface area contributed by atoms with Crippen LogP contribution in [-0.4, -0.2) is 17.8 Å². The summed E-state index contributed by atoms with van der Waals surface area (Å²) >= 11 is 1.72. The molecule has 0 saturated heterocycles. The van der Waals surface area contributed by atoms with E-state index in [-0.39, 0.29) is 18.8 Å². The Hall–Kier alpha value is -1.36. The molecule has 0 bridgehead atoms. The van der Waals surface area contributed by atoms with Gasteiger partial charge in [0.2, 0.25) is 0 Å². The van der Waals surface area contributed by atoms with Crippen molar-refractivity contribution in [3.63, 3.8) is 0 Å². The van der Waals surface area contributed by atoms with Crippen LogP contribution in [0.3, 0.4) is 0 Å². The lowest BCUT2D eigenvalue weighted by atomic mass is 10.1. The summed E-state index contributed by atoms with van der Waals surface area (Å²) in [6.45, 7) is 4.86. The lowest BCUT2D eigenvalue weighted by Crippen LogP contribution is -2.23. The van der Waals surface area contributed by atoms with Crippen LogP contribution in [0.1, 0.15) is 30.3 Å². The number of rotatable bonds is 7. The molecule has 0 spiro atoms. The molecule has 0 fully saturated rings. The summed E-state index contributed by atoms with van der Waals surface area (Å²) in [4.78, 5) is 1.27. The van der Waals surface area contributed by atoms with Gasteiger partial charge in [0.1, 0.15) is 5.75 Å². The highest BCUT2D eigenvalue weighted by Crippen LogP contribution is 2.19. The van der Waals surface area contributed by atoms with Crippen molar-refractivity contribution in [3.05, 3.63) is 52.2 Å². The molecule has 1 heterocycles. The Morgan fingerprint density at radius 3 is 2.50 bits per heavy atom. The largest absolute Gasteiger partial charge is 0.491 e. The van der Waals surface area contributed by atoms with Crippen molar-refractivity contribution >= 4 is 11.3 Å². The lowest BCUT2D eigenvalue weighted by molar-refractivity contribution is 0.239. The zero-order chi connectivity index (χ0) is 14.4. The Bertz CT molecular complexity index is 494. The van der Waals surface area contributed by atoms with E-state index in [4.69, 9.17) is 4.74 Å². The molecule has 2 aromatic rings. The van der Waals surface area contributed by atoms with Crippen molar-refractivity contribution in [1.29, 1.82) is 0 Å². The number of ether oxygens (including phenoxy) is 1. The van der Waals surface area contributed by atoms with Gasteiger partial charge in [-0.15, -0.1) is 11.3 Å². The van der Waals surface area contributed by atoms with Gasteiger partial charge < -0.3 is 15.2 Å². The molecule has 0 amide bonds. The number of hydrogen-bond acceptors (Lipinski definition) is 4. The molecule has 1 unspecified atom stereocenters. The van der Waals surface area contributed by atoms with Crippen molar-refractivity contribution in [2.75, 3.05) is 6.61 Å². The number of benzene rings is 1. The van der Waals surface area contributed by atoms with Crippen LogP contribution in [0.15, 0.2) is 41.8 Å². The van der Waals surface area contributed by atoms with Gasteiger partial charge in [-0.05, 0) is 43.0 Å². The smallest absolute Gasteiger partial charge is 0.119 e. The molecule has 0 aliphatic rings. The molecular formula is C16H21NO2S. The molecule has 0 radical (unpaired) electrons. The van der Waals surface area contributed by atoms with E-state index in [0.29, 0.717) is 0 Å². The summed E-state index contributed by atoms with van der Waals surface area (Å²) < 4.78 is 5.62. The number of thiophene rings is 1. The summed E-state index contributed by atoms with van der Waals surface area (Å²) in [6.07, 6.45) is 0.173. The standard InChI is InChI=1S/C16H21NO2S/c1-12(2)19-14-7-5-13(6-8-14)16(11-18)17-10-15-4-3-9-20-15/h3-9,12,16-18H,10-11H2,1-2H3. The van der Waals surface area contributed by atoms with Crippen LogP contribution in [0.5, 0.6) is 5.75 Å². The predicted octanol–water partition coefficient (Wildman–Crippen LogP) is 3.36. The number of hydrogen-bond donors (Lipinski definition) is 2. The minimum Gasteiger partial charge on any atom is -0.491 e. The van der Waals surface area contributed by atoms with Gasteiger partial charge in [-0.3, -0.25) is 0 Å². The SMILES string of the molecule is CC(C)Oc1ccc(C(CO)NCc2cccs2)cc1. The van der Waals surface area contributed by atoms with Crippen LogP contribution in [0.4, 0.5) is 0 Å². The first kappa shape index (κ1) is 15.0. The van der Waals surface area contributed by atoms with Gasteiger partial charge in [-0.2, -0.15) is 0 Å². The summed E-state index contributed by atoms with van der Waals surface area (Å²) in [5.41, 5.74) is 1.07. The van der Waals surface area contributed by atoms with Crippen LogP contribution in [-0.2, 0) is 6.54 Å². The Morgan fingerprint density at radius 1 is 1.20 bits per heavy atom. The summed E-state index contributed by atoms with van der Waals surface area (Å²) in [5, 5.41) is 15.0. The molecule has 2 rings (SSSR count). The highest BCUT2D eigenvalue weighted by atomic mass is 32.1. The summed E-state index contributed by atoms with van der Waals surface area (Å²) in [6, 6.07) is 12.0. The van der Waals surface area contributed by atoms with Gasteiger partial charge in [0, 0.05) is 11.4 Å². The van der Waals surface area contributed by atoms with Gasteiger partial charge >= 0.3 is 0 Å². The van der Waals surface area contributed by atoms with E-state index in [9.17, 15) is 5.11 Å². The predicted molar refractivity (Wildman–Crippen MR) is 83.2 cm³/mol. The van der Waals surface area contributed by atoms with E-state index >= 15 is 0 Å². The van der Waals surface area contributed by atoms with Crippen molar-refractivity contribution in [3.8, 4) is 5.75 Å². The third-order valence-corrected chi connectivity index (χ3v) is 3.82. The van der Waals surface area contributed by atoms with Gasteiger partial charge in [0.05, 0.1) is 18.8 Å². The second-order valence-electron chi connectivity index (χ2n) is 4.93. The highest BCUT2D eigenvalue weighted by molar-refractivity contribution is 7.09. The van der Waals surface area contributed by atoms with Crippen LogP contribution in [0, 0.1) is 0 Å². The van der Waals surface area contributed by atoms with E-state index in [0.717, 1.165) is 17.9 Å². The Labute approximate surface area is 124 Å². The number of aliphatic hydroxyl groups is 1. The molecule has 1 aromatic carbocycles. The van der Waals surface area contributed by atoms with Crippen molar-refractivity contribution in [2.45, 2.75) is 32.5 Å². The van der Waals surface area contributed by atoms with Gasteiger partial charge in [-0.1, -0.05) is 18.2 Å². The Kier molecular flexibility index (Phi) is 5.59. The fourth-order valence-corrected chi connectivity index (χ4v) is 2.63. The van der Waals surface area contributed by atoms with Crippen molar-refractivity contribution in [1.82, 2.24) is 5.32 Å². The molecule has 1 aromatic heterocycles. The fraction of sp³-hybridized carbons (Fsp3) is 0.375. The maximum Gasteiger partial charge on any atom is 0.119 e. The zero-order valence-electron chi connectivity index (χ0n) is 11.9. The van der Waals surface area contributed by atoms with Crippen molar-refractivity contribution in [2.24, 2.45) is 0 Å². The Morgan fingerprint density at radius 2 is 1.95 bits per heavy atom. The molecule has 0 aliphatic heterocycles. The normalized spacial score (nSPS) is 12.6. The fourth-order valence-electron chi connectivity index (χ4n) is 1.98. The molecular weight excluding hydrogens is 270 g/mol. The van der Waals surface area contributed by atoms with Gasteiger partial charge in [-0.25, -0.2) is 0 Å². The van der Waals surface area contributed by atoms with E-state index in [1.54, 1.807) is 11.3 Å². The van der Waals surface area contributed by atoms with Gasteiger partial charge in [0.15, 0.2) is 0 Å². The quantitative estimate of drug-likeness (QED) is 0.822. The van der Waals surface area contributed by atoms with Crippen LogP contribution in [0.25, 0.3) is 0 Å². The molecule has 108 valence electrons. The number of nitrogens with one attached hydrogen (secondary N) is 1.